The molecule has 0 aliphatic rings. The Morgan fingerprint density at radius 3 is 2.73 bits per heavy atom. The smallest absolute Gasteiger partial charge is 0.277 e. The summed E-state index contributed by atoms with van der Waals surface area (Å²) in [4.78, 5) is 15.0. The Kier molecular flexibility index (Phi) is 2.70. The maximum absolute atomic E-state index is 10.9. The molecule has 0 unspecified atom stereocenters. The van der Waals surface area contributed by atoms with Crippen molar-refractivity contribution in [3.63, 3.8) is 0 Å². The second-order valence-electron chi connectivity index (χ2n) is 2.88. The summed E-state index contributed by atoms with van der Waals surface area (Å²) in [7, 11) is 0. The first kappa shape index (κ1) is 10.1. The highest BCUT2D eigenvalue weighted by atomic mass is 35.5. The van der Waals surface area contributed by atoms with Gasteiger partial charge in [-0.25, -0.2) is 4.98 Å². The lowest BCUT2D eigenvalue weighted by Gasteiger charge is -1.98. The van der Waals surface area contributed by atoms with Crippen molar-refractivity contribution in [2.24, 2.45) is 5.73 Å². The number of hydrogen-bond acceptors (Lipinski definition) is 3. The number of rotatable bonds is 2. The van der Waals surface area contributed by atoms with Crippen molar-refractivity contribution in [1.82, 2.24) is 4.98 Å². The molecule has 1 aromatic carbocycles. The van der Waals surface area contributed by atoms with Crippen molar-refractivity contribution in [2.45, 2.75) is 0 Å². The topological polar surface area (TPSA) is 56.0 Å². The van der Waals surface area contributed by atoms with E-state index in [0.29, 0.717) is 15.7 Å². The summed E-state index contributed by atoms with van der Waals surface area (Å²) < 4.78 is 0. The van der Waals surface area contributed by atoms with Gasteiger partial charge in [0.1, 0.15) is 0 Å². The molecule has 5 heteroatoms. The lowest BCUT2D eigenvalue weighted by molar-refractivity contribution is 0.1000. The van der Waals surface area contributed by atoms with E-state index in [4.69, 9.17) is 17.3 Å². The Hall–Kier alpha value is -1.39. The second kappa shape index (κ2) is 4.00. The summed E-state index contributed by atoms with van der Waals surface area (Å²) in [6.45, 7) is 0. The van der Waals surface area contributed by atoms with E-state index in [0.717, 1.165) is 5.56 Å². The lowest BCUT2D eigenvalue weighted by atomic mass is 10.2. The molecular weight excluding hydrogens is 232 g/mol. The summed E-state index contributed by atoms with van der Waals surface area (Å²) in [5.74, 6) is -0.515. The first-order valence-corrected chi connectivity index (χ1v) is 5.44. The minimum atomic E-state index is -0.515. The molecule has 0 saturated carbocycles. The van der Waals surface area contributed by atoms with Crippen molar-refractivity contribution in [1.29, 1.82) is 0 Å². The van der Waals surface area contributed by atoms with Crippen molar-refractivity contribution < 1.29 is 4.79 Å². The van der Waals surface area contributed by atoms with Crippen LogP contribution in [0.25, 0.3) is 11.3 Å². The Morgan fingerprint density at radius 1 is 1.40 bits per heavy atom. The Bertz CT molecular complexity index is 510. The first-order valence-electron chi connectivity index (χ1n) is 4.18. The van der Waals surface area contributed by atoms with E-state index >= 15 is 0 Å². The first-order chi connectivity index (χ1) is 7.18. The Labute approximate surface area is 95.5 Å². The lowest BCUT2D eigenvalue weighted by Crippen LogP contribution is -2.10. The van der Waals surface area contributed by atoms with Crippen LogP contribution in [0.3, 0.4) is 0 Å². The average Bonchev–Trinajstić information content (AvgIpc) is 2.67. The molecule has 15 heavy (non-hydrogen) atoms. The van der Waals surface area contributed by atoms with E-state index in [1.165, 1.54) is 11.3 Å². The molecule has 0 aliphatic heterocycles. The highest BCUT2D eigenvalue weighted by Gasteiger charge is 2.10. The number of carbonyl (C=O) groups excluding carboxylic acids is 1. The van der Waals surface area contributed by atoms with Crippen molar-refractivity contribution in [2.75, 3.05) is 0 Å². The number of halogens is 1. The molecule has 1 aromatic heterocycles. The fourth-order valence-electron chi connectivity index (χ4n) is 1.18. The monoisotopic (exact) mass is 238 g/mol. The van der Waals surface area contributed by atoms with Gasteiger partial charge in [0.05, 0.1) is 5.69 Å². The van der Waals surface area contributed by atoms with E-state index in [1.807, 2.05) is 18.2 Å². The maximum Gasteiger partial charge on any atom is 0.277 e. The van der Waals surface area contributed by atoms with Gasteiger partial charge in [0.2, 0.25) is 0 Å². The summed E-state index contributed by atoms with van der Waals surface area (Å²) in [6, 6.07) is 7.33. The molecule has 2 aromatic rings. The summed E-state index contributed by atoms with van der Waals surface area (Å²) >= 11 is 7.21. The molecule has 76 valence electrons. The number of thiazole rings is 1. The fraction of sp³-hybridized carbons (Fsp3) is 0. The molecule has 0 fully saturated rings. The van der Waals surface area contributed by atoms with Gasteiger partial charge in [0.25, 0.3) is 5.91 Å². The number of aromatic nitrogens is 1. The molecule has 0 bridgehead atoms. The van der Waals surface area contributed by atoms with Gasteiger partial charge in [-0.1, -0.05) is 29.8 Å². The number of carbonyl (C=O) groups is 1. The van der Waals surface area contributed by atoms with Crippen molar-refractivity contribution in [3.8, 4) is 11.3 Å². The van der Waals surface area contributed by atoms with Crippen LogP contribution >= 0.6 is 22.9 Å². The van der Waals surface area contributed by atoms with Gasteiger partial charge in [0.15, 0.2) is 5.01 Å². The van der Waals surface area contributed by atoms with Crippen LogP contribution in [0.5, 0.6) is 0 Å². The molecule has 1 amide bonds. The summed E-state index contributed by atoms with van der Waals surface area (Å²) in [6.07, 6.45) is 0. The van der Waals surface area contributed by atoms with Gasteiger partial charge in [-0.05, 0) is 6.07 Å². The molecule has 0 saturated heterocycles. The van der Waals surface area contributed by atoms with Crippen LogP contribution in [0.1, 0.15) is 9.80 Å². The van der Waals surface area contributed by atoms with E-state index in [9.17, 15) is 4.79 Å². The predicted octanol–water partition coefficient (Wildman–Crippen LogP) is 2.56. The van der Waals surface area contributed by atoms with Crippen LogP contribution in [-0.4, -0.2) is 10.9 Å². The minimum absolute atomic E-state index is 0.296. The zero-order valence-electron chi connectivity index (χ0n) is 7.61. The Morgan fingerprint density at radius 2 is 2.13 bits per heavy atom. The summed E-state index contributed by atoms with van der Waals surface area (Å²) in [5.41, 5.74) is 6.61. The van der Waals surface area contributed by atoms with E-state index in [2.05, 4.69) is 4.98 Å². The molecule has 2 N–H and O–H groups in total. The SMILES string of the molecule is NC(=O)c1nc(-c2ccccc2Cl)cs1. The number of nitrogens with zero attached hydrogens (tertiary/aromatic N) is 1. The van der Waals surface area contributed by atoms with E-state index in [-0.39, 0.29) is 0 Å². The van der Waals surface area contributed by atoms with Crippen LogP contribution in [-0.2, 0) is 0 Å². The third kappa shape index (κ3) is 2.00. The third-order valence-corrected chi connectivity index (χ3v) is 3.05. The van der Waals surface area contributed by atoms with Crippen LogP contribution in [0.2, 0.25) is 5.02 Å². The van der Waals surface area contributed by atoms with Crippen LogP contribution in [0.15, 0.2) is 29.6 Å². The minimum Gasteiger partial charge on any atom is -0.364 e. The molecule has 3 nitrogen and oxygen atoms in total. The molecule has 1 heterocycles. The van der Waals surface area contributed by atoms with Crippen LogP contribution in [0.4, 0.5) is 0 Å². The van der Waals surface area contributed by atoms with Crippen molar-refractivity contribution >= 4 is 28.8 Å². The van der Waals surface area contributed by atoms with Gasteiger partial charge in [-0.15, -0.1) is 11.3 Å². The van der Waals surface area contributed by atoms with Gasteiger partial charge in [-0.2, -0.15) is 0 Å². The van der Waals surface area contributed by atoms with Gasteiger partial charge in [0, 0.05) is 16.0 Å². The molecular formula is C10H7ClN2OS. The summed E-state index contributed by atoms with van der Waals surface area (Å²) in [5, 5.41) is 2.67. The quantitative estimate of drug-likeness (QED) is 0.874. The fourth-order valence-corrected chi connectivity index (χ4v) is 2.08. The molecule has 0 aliphatic carbocycles. The Balaban J connectivity index is 2.46. The number of amides is 1. The average molecular weight is 239 g/mol. The van der Waals surface area contributed by atoms with Crippen LogP contribution < -0.4 is 5.73 Å². The zero-order chi connectivity index (χ0) is 10.8. The maximum atomic E-state index is 10.9. The molecule has 0 spiro atoms. The van der Waals surface area contributed by atoms with E-state index < -0.39 is 5.91 Å². The standard InChI is InChI=1S/C10H7ClN2OS/c11-7-4-2-1-3-6(7)8-5-15-10(13-8)9(12)14/h1-5H,(H2,12,14). The number of hydrogen-bond donors (Lipinski definition) is 1. The van der Waals surface area contributed by atoms with E-state index in [1.54, 1.807) is 11.4 Å². The van der Waals surface area contributed by atoms with Gasteiger partial charge in [-0.3, -0.25) is 4.79 Å². The largest absolute Gasteiger partial charge is 0.364 e. The highest BCUT2D eigenvalue weighted by molar-refractivity contribution is 7.12. The van der Waals surface area contributed by atoms with Crippen molar-refractivity contribution in [3.05, 3.63) is 39.7 Å². The molecule has 2 rings (SSSR count). The second-order valence-corrected chi connectivity index (χ2v) is 4.15. The zero-order valence-corrected chi connectivity index (χ0v) is 9.18. The predicted molar refractivity (Wildman–Crippen MR) is 61.1 cm³/mol. The van der Waals surface area contributed by atoms with Gasteiger partial charge < -0.3 is 5.73 Å². The number of benzene rings is 1. The molecule has 0 atom stereocenters. The van der Waals surface area contributed by atoms with Crippen LogP contribution in [0, 0.1) is 0 Å². The number of nitrogens with two attached hydrogens (primary N) is 1. The molecule has 0 radical (unpaired) electrons. The third-order valence-electron chi connectivity index (χ3n) is 1.86. The normalized spacial score (nSPS) is 10.2. The van der Waals surface area contributed by atoms with Gasteiger partial charge >= 0.3 is 0 Å². The highest BCUT2D eigenvalue weighted by Crippen LogP contribution is 2.28. The number of primary amides is 1.